The monoisotopic (exact) mass is 361 g/mol. The van der Waals surface area contributed by atoms with E-state index in [9.17, 15) is 8.42 Å². The number of sulfonamides is 1. The Morgan fingerprint density at radius 1 is 1.12 bits per heavy atom. The Balaban J connectivity index is 1.73. The van der Waals surface area contributed by atoms with Gasteiger partial charge in [-0.05, 0) is 49.2 Å². The van der Waals surface area contributed by atoms with Gasteiger partial charge in [0, 0.05) is 11.6 Å². The van der Waals surface area contributed by atoms with Gasteiger partial charge >= 0.3 is 0 Å². The number of para-hydroxylation sites is 2. The van der Waals surface area contributed by atoms with E-state index in [1.165, 1.54) is 4.31 Å². The molecule has 24 heavy (non-hydrogen) atoms. The number of aromatic nitrogens is 2. The summed E-state index contributed by atoms with van der Waals surface area (Å²) >= 11 is 5.87. The van der Waals surface area contributed by atoms with Crippen LogP contribution in [0.4, 0.5) is 0 Å². The second-order valence-corrected chi connectivity index (χ2v) is 8.19. The average Bonchev–Trinajstić information content (AvgIpc) is 3.22. The molecule has 0 radical (unpaired) electrons. The van der Waals surface area contributed by atoms with Crippen molar-refractivity contribution in [1.82, 2.24) is 14.3 Å². The minimum Gasteiger partial charge on any atom is -0.341 e. The predicted octanol–water partition coefficient (Wildman–Crippen LogP) is 3.74. The van der Waals surface area contributed by atoms with E-state index >= 15 is 0 Å². The maximum atomic E-state index is 13.0. The second-order valence-electron chi connectivity index (χ2n) is 5.87. The van der Waals surface area contributed by atoms with Crippen molar-refractivity contribution in [2.24, 2.45) is 0 Å². The van der Waals surface area contributed by atoms with Crippen molar-refractivity contribution in [3.63, 3.8) is 0 Å². The maximum Gasteiger partial charge on any atom is 0.243 e. The van der Waals surface area contributed by atoms with Crippen LogP contribution in [-0.2, 0) is 10.0 Å². The summed E-state index contributed by atoms with van der Waals surface area (Å²) in [4.78, 5) is 8.10. The molecule has 0 bridgehead atoms. The first kappa shape index (κ1) is 15.6. The van der Waals surface area contributed by atoms with E-state index in [1.54, 1.807) is 24.3 Å². The molecule has 0 amide bonds. The highest BCUT2D eigenvalue weighted by Crippen LogP contribution is 2.36. The number of rotatable bonds is 3. The van der Waals surface area contributed by atoms with E-state index in [0.717, 1.165) is 23.9 Å². The van der Waals surface area contributed by atoms with Crippen LogP contribution in [0.2, 0.25) is 5.02 Å². The number of fused-ring (bicyclic) bond motifs is 1. The number of hydrogen-bond acceptors (Lipinski definition) is 3. The fraction of sp³-hybridized carbons (Fsp3) is 0.235. The molecule has 0 saturated carbocycles. The standard InChI is InChI=1S/C17H16ClN3O2S/c18-12-7-9-13(10-8-12)24(22,23)21-11-3-6-16(21)17-19-14-4-1-2-5-15(14)20-17/h1-2,4-5,7-10,16H,3,6,11H2,(H,19,20). The molecular weight excluding hydrogens is 346 g/mol. The molecule has 1 saturated heterocycles. The number of nitrogens with zero attached hydrogens (tertiary/aromatic N) is 2. The maximum absolute atomic E-state index is 13.0. The predicted molar refractivity (Wildman–Crippen MR) is 93.4 cm³/mol. The number of aromatic amines is 1. The minimum absolute atomic E-state index is 0.259. The van der Waals surface area contributed by atoms with Crippen LogP contribution < -0.4 is 0 Å². The highest BCUT2D eigenvalue weighted by molar-refractivity contribution is 7.89. The van der Waals surface area contributed by atoms with E-state index in [0.29, 0.717) is 17.4 Å². The summed E-state index contributed by atoms with van der Waals surface area (Å²) in [7, 11) is -3.58. The summed E-state index contributed by atoms with van der Waals surface area (Å²) in [6, 6.07) is 13.7. The third-order valence-corrected chi connectivity index (χ3v) is 6.52. The summed E-state index contributed by atoms with van der Waals surface area (Å²) in [6.45, 7) is 0.493. The molecule has 124 valence electrons. The van der Waals surface area contributed by atoms with Gasteiger partial charge in [-0.1, -0.05) is 23.7 Å². The largest absolute Gasteiger partial charge is 0.341 e. The lowest BCUT2D eigenvalue weighted by atomic mass is 10.2. The molecule has 1 aromatic heterocycles. The first-order valence-corrected chi connectivity index (χ1v) is 9.59. The Morgan fingerprint density at radius 2 is 1.88 bits per heavy atom. The summed E-state index contributed by atoms with van der Waals surface area (Å²) in [5.74, 6) is 0.700. The zero-order chi connectivity index (χ0) is 16.7. The first-order valence-electron chi connectivity index (χ1n) is 7.78. The molecule has 0 spiro atoms. The van der Waals surface area contributed by atoms with Crippen LogP contribution in [0.5, 0.6) is 0 Å². The molecule has 1 aliphatic heterocycles. The number of benzene rings is 2. The van der Waals surface area contributed by atoms with Crippen LogP contribution in [0.25, 0.3) is 11.0 Å². The lowest BCUT2D eigenvalue weighted by Gasteiger charge is -2.22. The Hall–Kier alpha value is -1.89. The van der Waals surface area contributed by atoms with Crippen molar-refractivity contribution >= 4 is 32.7 Å². The number of H-pyrrole nitrogens is 1. The molecule has 3 aromatic rings. The molecule has 2 heterocycles. The first-order chi connectivity index (χ1) is 11.6. The van der Waals surface area contributed by atoms with E-state index in [4.69, 9.17) is 11.6 Å². The Labute approximate surface area is 145 Å². The average molecular weight is 362 g/mol. The van der Waals surface area contributed by atoms with Crippen molar-refractivity contribution in [2.45, 2.75) is 23.8 Å². The summed E-state index contributed by atoms with van der Waals surface area (Å²) in [6.07, 6.45) is 1.57. The molecule has 1 unspecified atom stereocenters. The molecular formula is C17H16ClN3O2S. The zero-order valence-electron chi connectivity index (χ0n) is 12.8. The van der Waals surface area contributed by atoms with Gasteiger partial charge < -0.3 is 4.98 Å². The lowest BCUT2D eigenvalue weighted by Crippen LogP contribution is -2.31. The van der Waals surface area contributed by atoms with E-state index in [-0.39, 0.29) is 10.9 Å². The van der Waals surface area contributed by atoms with Crippen molar-refractivity contribution in [2.75, 3.05) is 6.54 Å². The Bertz CT molecular complexity index is 949. The van der Waals surface area contributed by atoms with Gasteiger partial charge in [0.05, 0.1) is 22.0 Å². The Morgan fingerprint density at radius 3 is 2.62 bits per heavy atom. The zero-order valence-corrected chi connectivity index (χ0v) is 14.4. The van der Waals surface area contributed by atoms with Gasteiger partial charge in [0.15, 0.2) is 0 Å². The van der Waals surface area contributed by atoms with Crippen LogP contribution in [-0.4, -0.2) is 29.2 Å². The molecule has 1 atom stereocenters. The third-order valence-electron chi connectivity index (χ3n) is 4.35. The van der Waals surface area contributed by atoms with Crippen molar-refractivity contribution in [3.05, 3.63) is 59.4 Å². The van der Waals surface area contributed by atoms with Gasteiger partial charge in [0.1, 0.15) is 5.82 Å². The van der Waals surface area contributed by atoms with E-state index in [2.05, 4.69) is 9.97 Å². The van der Waals surface area contributed by atoms with Crippen LogP contribution in [0.1, 0.15) is 24.7 Å². The van der Waals surface area contributed by atoms with Gasteiger partial charge in [-0.15, -0.1) is 0 Å². The van der Waals surface area contributed by atoms with Crippen molar-refractivity contribution in [1.29, 1.82) is 0 Å². The Kier molecular flexibility index (Phi) is 3.83. The van der Waals surface area contributed by atoms with Gasteiger partial charge in [-0.3, -0.25) is 0 Å². The van der Waals surface area contributed by atoms with E-state index < -0.39 is 10.0 Å². The highest BCUT2D eigenvalue weighted by Gasteiger charge is 2.37. The van der Waals surface area contributed by atoms with Crippen LogP contribution in [0.3, 0.4) is 0 Å². The number of halogens is 1. The van der Waals surface area contributed by atoms with Gasteiger partial charge in [0.25, 0.3) is 0 Å². The summed E-state index contributed by atoms with van der Waals surface area (Å²) in [5.41, 5.74) is 1.77. The fourth-order valence-electron chi connectivity index (χ4n) is 3.17. The summed E-state index contributed by atoms with van der Waals surface area (Å²) in [5, 5.41) is 0.518. The molecule has 1 aliphatic rings. The van der Waals surface area contributed by atoms with Crippen molar-refractivity contribution < 1.29 is 8.42 Å². The summed E-state index contributed by atoms with van der Waals surface area (Å²) < 4.78 is 27.5. The third kappa shape index (κ3) is 2.60. The normalized spacial score (nSPS) is 19.1. The molecule has 0 aliphatic carbocycles. The molecule has 2 aromatic carbocycles. The van der Waals surface area contributed by atoms with Crippen LogP contribution in [0.15, 0.2) is 53.4 Å². The van der Waals surface area contributed by atoms with E-state index in [1.807, 2.05) is 24.3 Å². The molecule has 1 fully saturated rings. The van der Waals surface area contributed by atoms with Gasteiger partial charge in [-0.25, -0.2) is 13.4 Å². The van der Waals surface area contributed by atoms with Crippen molar-refractivity contribution in [3.8, 4) is 0 Å². The molecule has 1 N–H and O–H groups in total. The number of nitrogens with one attached hydrogen (secondary N) is 1. The van der Waals surface area contributed by atoms with Gasteiger partial charge in [0.2, 0.25) is 10.0 Å². The highest BCUT2D eigenvalue weighted by atomic mass is 35.5. The SMILES string of the molecule is O=S(=O)(c1ccc(Cl)cc1)N1CCCC1c1nc2ccccc2[nH]1. The van der Waals surface area contributed by atoms with Crippen LogP contribution >= 0.6 is 11.6 Å². The number of imidazole rings is 1. The lowest BCUT2D eigenvalue weighted by molar-refractivity contribution is 0.385. The topological polar surface area (TPSA) is 66.1 Å². The second kappa shape index (κ2) is 5.88. The smallest absolute Gasteiger partial charge is 0.243 e. The quantitative estimate of drug-likeness (QED) is 0.772. The molecule has 7 heteroatoms. The van der Waals surface area contributed by atoms with Gasteiger partial charge in [-0.2, -0.15) is 4.31 Å². The van der Waals surface area contributed by atoms with Crippen LogP contribution in [0, 0.1) is 0 Å². The molecule has 4 rings (SSSR count). The fourth-order valence-corrected chi connectivity index (χ4v) is 4.96. The molecule has 5 nitrogen and oxygen atoms in total. The number of hydrogen-bond donors (Lipinski definition) is 1. The minimum atomic E-state index is -3.58.